The van der Waals surface area contributed by atoms with E-state index in [1.165, 1.54) is 11.3 Å². The minimum Gasteiger partial charge on any atom is -0.507 e. The van der Waals surface area contributed by atoms with Crippen LogP contribution < -0.4 is 0 Å². The number of para-hydroxylation sites is 2. The zero-order chi connectivity index (χ0) is 25.9. The molecular formula is C31H23Cl2NO2S. The standard InChI is InChI=1S/C31H23Cl2NO2S/c1-31(2,3)17-14-21(20-10-6-9-19-18-8-4-5-13-26(18)36-29(19)20)28(35)22(15-17)30-34-25(16-37-30)27-23(32)11-7-12-24(27)33/h4-16,35H,1-3H3. The number of nitrogens with zero attached hydrogens (tertiary/aromatic N) is 1. The van der Waals surface area contributed by atoms with E-state index in [0.29, 0.717) is 37.4 Å². The molecule has 0 unspecified atom stereocenters. The van der Waals surface area contributed by atoms with Crippen molar-refractivity contribution in [1.82, 2.24) is 4.98 Å². The average molecular weight is 545 g/mol. The Morgan fingerprint density at radius 3 is 2.24 bits per heavy atom. The predicted molar refractivity (Wildman–Crippen MR) is 156 cm³/mol. The lowest BCUT2D eigenvalue weighted by Crippen LogP contribution is -2.11. The Bertz CT molecular complexity index is 1790. The third-order valence-corrected chi connectivity index (χ3v) is 8.13. The topological polar surface area (TPSA) is 46.3 Å². The van der Waals surface area contributed by atoms with Crippen LogP contribution in [-0.2, 0) is 5.41 Å². The summed E-state index contributed by atoms with van der Waals surface area (Å²) in [5, 5.41) is 17.4. The molecule has 6 rings (SSSR count). The van der Waals surface area contributed by atoms with Gasteiger partial charge in [0.1, 0.15) is 21.9 Å². The zero-order valence-electron chi connectivity index (χ0n) is 20.5. The summed E-state index contributed by atoms with van der Waals surface area (Å²) in [5.41, 5.74) is 6.06. The molecule has 184 valence electrons. The summed E-state index contributed by atoms with van der Waals surface area (Å²) < 4.78 is 6.30. The van der Waals surface area contributed by atoms with Gasteiger partial charge in [-0.3, -0.25) is 0 Å². The molecule has 0 atom stereocenters. The molecule has 0 bridgehead atoms. The van der Waals surface area contributed by atoms with E-state index in [0.717, 1.165) is 33.1 Å². The van der Waals surface area contributed by atoms with E-state index in [-0.39, 0.29) is 11.2 Å². The molecule has 2 aromatic heterocycles. The molecule has 1 N–H and O–H groups in total. The van der Waals surface area contributed by atoms with E-state index in [4.69, 9.17) is 32.6 Å². The molecule has 0 radical (unpaired) electrons. The lowest BCUT2D eigenvalue weighted by atomic mass is 9.83. The Morgan fingerprint density at radius 2 is 1.49 bits per heavy atom. The number of phenolic OH excluding ortho intramolecular Hbond substituents is 1. The first-order valence-corrected chi connectivity index (χ1v) is 13.5. The maximum Gasteiger partial charge on any atom is 0.143 e. The number of rotatable bonds is 3. The molecule has 0 amide bonds. The summed E-state index contributed by atoms with van der Waals surface area (Å²) in [7, 11) is 0. The van der Waals surface area contributed by atoms with E-state index >= 15 is 0 Å². The largest absolute Gasteiger partial charge is 0.507 e. The van der Waals surface area contributed by atoms with Gasteiger partial charge in [0, 0.05) is 32.8 Å². The fourth-order valence-electron chi connectivity index (χ4n) is 4.65. The number of thiazole rings is 1. The summed E-state index contributed by atoms with van der Waals surface area (Å²) in [5.74, 6) is 0.159. The minimum atomic E-state index is -0.162. The third-order valence-electron chi connectivity index (χ3n) is 6.62. The summed E-state index contributed by atoms with van der Waals surface area (Å²) >= 11 is 14.3. The highest BCUT2D eigenvalue weighted by atomic mass is 35.5. The Morgan fingerprint density at radius 1 is 0.811 bits per heavy atom. The monoisotopic (exact) mass is 543 g/mol. The lowest BCUT2D eigenvalue weighted by Gasteiger charge is -2.22. The van der Waals surface area contributed by atoms with E-state index < -0.39 is 0 Å². The highest BCUT2D eigenvalue weighted by Crippen LogP contribution is 2.46. The van der Waals surface area contributed by atoms with Crippen molar-refractivity contribution in [3.05, 3.63) is 93.8 Å². The van der Waals surface area contributed by atoms with Crippen molar-refractivity contribution in [2.24, 2.45) is 0 Å². The highest BCUT2D eigenvalue weighted by molar-refractivity contribution is 7.13. The molecule has 0 aliphatic rings. The molecule has 6 aromatic rings. The summed E-state index contributed by atoms with van der Waals surface area (Å²) in [6.07, 6.45) is 0. The smallest absolute Gasteiger partial charge is 0.143 e. The second-order valence-corrected chi connectivity index (χ2v) is 11.8. The highest BCUT2D eigenvalue weighted by Gasteiger charge is 2.24. The number of fused-ring (bicyclic) bond motifs is 3. The van der Waals surface area contributed by atoms with Gasteiger partial charge >= 0.3 is 0 Å². The fraction of sp³-hybridized carbons (Fsp3) is 0.129. The van der Waals surface area contributed by atoms with Crippen molar-refractivity contribution < 1.29 is 9.52 Å². The van der Waals surface area contributed by atoms with Crippen LogP contribution in [0.15, 0.2) is 82.6 Å². The average Bonchev–Trinajstić information content (AvgIpc) is 3.48. The van der Waals surface area contributed by atoms with Crippen LogP contribution in [0.2, 0.25) is 10.0 Å². The first kappa shape index (κ1) is 24.1. The first-order chi connectivity index (χ1) is 17.7. The van der Waals surface area contributed by atoms with Crippen LogP contribution in [0.4, 0.5) is 0 Å². The zero-order valence-corrected chi connectivity index (χ0v) is 22.8. The number of hydrogen-bond acceptors (Lipinski definition) is 4. The van der Waals surface area contributed by atoms with Gasteiger partial charge in [0.2, 0.25) is 0 Å². The van der Waals surface area contributed by atoms with Crippen LogP contribution >= 0.6 is 34.5 Å². The van der Waals surface area contributed by atoms with Gasteiger partial charge in [0.15, 0.2) is 0 Å². The van der Waals surface area contributed by atoms with Crippen molar-refractivity contribution in [3.8, 4) is 38.7 Å². The molecule has 0 aliphatic carbocycles. The molecule has 37 heavy (non-hydrogen) atoms. The first-order valence-electron chi connectivity index (χ1n) is 11.9. The van der Waals surface area contributed by atoms with Gasteiger partial charge in [0.25, 0.3) is 0 Å². The molecule has 0 aliphatic heterocycles. The number of benzene rings is 4. The SMILES string of the molecule is CC(C)(C)c1cc(-c2nc(-c3c(Cl)cccc3Cl)cs2)c(O)c(-c2cccc3c2oc2ccccc23)c1. The van der Waals surface area contributed by atoms with Gasteiger partial charge in [-0.15, -0.1) is 11.3 Å². The molecule has 0 fully saturated rings. The normalized spacial score (nSPS) is 12.0. The summed E-state index contributed by atoms with van der Waals surface area (Å²) in [6.45, 7) is 6.47. The summed E-state index contributed by atoms with van der Waals surface area (Å²) in [6, 6.07) is 23.5. The van der Waals surface area contributed by atoms with Crippen molar-refractivity contribution >= 4 is 56.5 Å². The molecule has 0 saturated carbocycles. The number of aromatic nitrogens is 1. The van der Waals surface area contributed by atoms with Crippen molar-refractivity contribution in [3.63, 3.8) is 0 Å². The molecule has 6 heteroatoms. The number of aromatic hydroxyl groups is 1. The van der Waals surface area contributed by atoms with E-state index in [1.807, 2.05) is 47.8 Å². The van der Waals surface area contributed by atoms with Gasteiger partial charge in [-0.1, -0.05) is 86.4 Å². The van der Waals surface area contributed by atoms with Crippen LogP contribution in [0.5, 0.6) is 5.75 Å². The summed E-state index contributed by atoms with van der Waals surface area (Å²) in [4.78, 5) is 4.85. The number of furan rings is 1. The van der Waals surface area contributed by atoms with Gasteiger partial charge in [0.05, 0.1) is 21.3 Å². The van der Waals surface area contributed by atoms with Gasteiger partial charge in [-0.25, -0.2) is 4.98 Å². The minimum absolute atomic E-state index is 0.159. The molecule has 3 nitrogen and oxygen atoms in total. The number of halogens is 2. The predicted octanol–water partition coefficient (Wildman–Crippen LogP) is 10.4. The van der Waals surface area contributed by atoms with Gasteiger partial charge in [-0.05, 0) is 41.3 Å². The van der Waals surface area contributed by atoms with Crippen LogP contribution in [0.25, 0.3) is 54.9 Å². The van der Waals surface area contributed by atoms with Crippen LogP contribution in [0, 0.1) is 0 Å². The van der Waals surface area contributed by atoms with Crippen LogP contribution in [0.3, 0.4) is 0 Å². The fourth-order valence-corrected chi connectivity index (χ4v) is 6.07. The quantitative estimate of drug-likeness (QED) is 0.241. The number of phenols is 1. The maximum absolute atomic E-state index is 11.7. The van der Waals surface area contributed by atoms with E-state index in [9.17, 15) is 5.11 Å². The second-order valence-electron chi connectivity index (χ2n) is 10.1. The number of hydrogen-bond donors (Lipinski definition) is 1. The maximum atomic E-state index is 11.7. The third kappa shape index (κ3) is 4.10. The molecule has 0 saturated heterocycles. The van der Waals surface area contributed by atoms with Gasteiger partial charge in [-0.2, -0.15) is 0 Å². The van der Waals surface area contributed by atoms with Crippen molar-refractivity contribution in [1.29, 1.82) is 0 Å². The Hall–Kier alpha value is -3.31. The Kier molecular flexibility index (Phi) is 5.79. The molecule has 2 heterocycles. The van der Waals surface area contributed by atoms with Crippen LogP contribution in [-0.4, -0.2) is 10.1 Å². The Labute approximate surface area is 228 Å². The van der Waals surface area contributed by atoms with E-state index in [2.05, 4.69) is 39.0 Å². The van der Waals surface area contributed by atoms with Gasteiger partial charge < -0.3 is 9.52 Å². The Balaban J connectivity index is 1.59. The molecular weight excluding hydrogens is 521 g/mol. The van der Waals surface area contributed by atoms with Crippen LogP contribution in [0.1, 0.15) is 26.3 Å². The van der Waals surface area contributed by atoms with E-state index in [1.54, 1.807) is 12.1 Å². The second kappa shape index (κ2) is 8.91. The molecule has 0 spiro atoms. The molecule has 4 aromatic carbocycles. The van der Waals surface area contributed by atoms with Crippen molar-refractivity contribution in [2.75, 3.05) is 0 Å². The van der Waals surface area contributed by atoms with Crippen molar-refractivity contribution in [2.45, 2.75) is 26.2 Å². The lowest BCUT2D eigenvalue weighted by molar-refractivity contribution is 0.478.